The van der Waals surface area contributed by atoms with E-state index in [1.165, 1.54) is 12.1 Å². The van der Waals surface area contributed by atoms with E-state index in [9.17, 15) is 17.2 Å². The summed E-state index contributed by atoms with van der Waals surface area (Å²) < 4.78 is 47.3. The van der Waals surface area contributed by atoms with Gasteiger partial charge in [0.15, 0.2) is 9.84 Å². The average molecular weight is 404 g/mol. The van der Waals surface area contributed by atoms with Gasteiger partial charge in [-0.3, -0.25) is 0 Å². The van der Waals surface area contributed by atoms with E-state index in [1.54, 1.807) is 12.1 Å². The van der Waals surface area contributed by atoms with Crippen LogP contribution in [-0.4, -0.2) is 23.8 Å². The van der Waals surface area contributed by atoms with Gasteiger partial charge in [-0.15, -0.1) is 0 Å². The third-order valence-electron chi connectivity index (χ3n) is 2.81. The fourth-order valence-corrected chi connectivity index (χ4v) is 4.00. The van der Waals surface area contributed by atoms with Crippen molar-refractivity contribution in [3.05, 3.63) is 29.8 Å². The van der Waals surface area contributed by atoms with Crippen molar-refractivity contribution in [1.82, 2.24) is 0 Å². The molecule has 1 saturated carbocycles. The molecule has 0 aromatic heterocycles. The van der Waals surface area contributed by atoms with Crippen molar-refractivity contribution in [2.45, 2.75) is 26.9 Å². The van der Waals surface area contributed by atoms with E-state index in [1.807, 2.05) is 0 Å². The van der Waals surface area contributed by atoms with Crippen molar-refractivity contribution in [3.63, 3.8) is 0 Å². The van der Waals surface area contributed by atoms with Crippen molar-refractivity contribution in [3.8, 4) is 0 Å². The molecule has 1 aromatic carbocycles. The van der Waals surface area contributed by atoms with Crippen molar-refractivity contribution in [1.29, 1.82) is 0 Å². The molecular weight excluding hydrogens is 394 g/mol. The van der Waals surface area contributed by atoms with E-state index < -0.39 is 22.0 Å². The molecule has 0 radical (unpaired) electrons. The molecule has 0 spiro atoms. The zero-order valence-corrected chi connectivity index (χ0v) is 13.1. The van der Waals surface area contributed by atoms with E-state index in [2.05, 4.69) is 31.9 Å². The lowest BCUT2D eigenvalue weighted by Gasteiger charge is -2.06. The SMILES string of the molecule is O=S(=O)(CC(F)F)c1ccc(C2CC2(Br)Br)cc1. The molecule has 18 heavy (non-hydrogen) atoms. The summed E-state index contributed by atoms with van der Waals surface area (Å²) in [5, 5.41) is 0. The fourth-order valence-electron chi connectivity index (χ4n) is 1.74. The summed E-state index contributed by atoms with van der Waals surface area (Å²) >= 11 is 6.96. The van der Waals surface area contributed by atoms with Gasteiger partial charge in [-0.25, -0.2) is 17.2 Å². The molecule has 1 unspecified atom stereocenters. The van der Waals surface area contributed by atoms with Crippen molar-refractivity contribution < 1.29 is 17.2 Å². The van der Waals surface area contributed by atoms with Crippen LogP contribution >= 0.6 is 31.9 Å². The molecule has 1 aliphatic rings. The number of sulfone groups is 1. The molecule has 0 amide bonds. The van der Waals surface area contributed by atoms with Gasteiger partial charge in [-0.2, -0.15) is 0 Å². The number of rotatable bonds is 4. The fraction of sp³-hybridized carbons (Fsp3) is 0.455. The molecule has 1 fully saturated rings. The van der Waals surface area contributed by atoms with E-state index in [-0.39, 0.29) is 14.0 Å². The summed E-state index contributed by atoms with van der Waals surface area (Å²) in [4.78, 5) is -0.0538. The summed E-state index contributed by atoms with van der Waals surface area (Å²) in [6.45, 7) is 0. The predicted molar refractivity (Wildman–Crippen MR) is 72.4 cm³/mol. The van der Waals surface area contributed by atoms with Crippen LogP contribution in [0.15, 0.2) is 29.2 Å². The molecule has 0 N–H and O–H groups in total. The lowest BCUT2D eigenvalue weighted by molar-refractivity contribution is 0.174. The van der Waals surface area contributed by atoms with Gasteiger partial charge in [0.1, 0.15) is 5.75 Å². The molecular formula is C11H10Br2F2O2S. The Balaban J connectivity index is 2.18. The van der Waals surface area contributed by atoms with Gasteiger partial charge in [-0.05, 0) is 24.1 Å². The maximum absolute atomic E-state index is 12.1. The molecule has 2 rings (SSSR count). The Morgan fingerprint density at radius 2 is 1.78 bits per heavy atom. The van der Waals surface area contributed by atoms with E-state index in [0.717, 1.165) is 12.0 Å². The topological polar surface area (TPSA) is 34.1 Å². The van der Waals surface area contributed by atoms with Gasteiger partial charge in [0.05, 0.1) is 8.13 Å². The van der Waals surface area contributed by atoms with Crippen LogP contribution in [-0.2, 0) is 9.84 Å². The number of benzene rings is 1. The molecule has 0 bridgehead atoms. The van der Waals surface area contributed by atoms with Gasteiger partial charge >= 0.3 is 0 Å². The molecule has 1 aliphatic carbocycles. The van der Waals surface area contributed by atoms with E-state index >= 15 is 0 Å². The summed E-state index contributed by atoms with van der Waals surface area (Å²) in [5.74, 6) is -0.847. The maximum Gasteiger partial charge on any atom is 0.252 e. The van der Waals surface area contributed by atoms with Crippen molar-refractivity contribution in [2.75, 3.05) is 5.75 Å². The standard InChI is InChI=1S/C11H10Br2F2O2S/c12-11(13)5-9(11)7-1-3-8(4-2-7)18(16,17)6-10(14)15/h1-4,9-10H,5-6H2. The van der Waals surface area contributed by atoms with E-state index in [4.69, 9.17) is 0 Å². The molecule has 1 atom stereocenters. The Kier molecular flexibility index (Phi) is 3.86. The van der Waals surface area contributed by atoms with Crippen molar-refractivity contribution >= 4 is 41.7 Å². The number of hydrogen-bond donors (Lipinski definition) is 0. The second-order valence-electron chi connectivity index (χ2n) is 4.26. The first-order chi connectivity index (χ1) is 8.22. The Morgan fingerprint density at radius 1 is 1.28 bits per heavy atom. The molecule has 2 nitrogen and oxygen atoms in total. The smallest absolute Gasteiger partial charge is 0.223 e. The predicted octanol–water partition coefficient (Wildman–Crippen LogP) is 3.70. The lowest BCUT2D eigenvalue weighted by Crippen LogP contribution is -2.13. The first-order valence-corrected chi connectivity index (χ1v) is 8.45. The number of alkyl halides is 4. The third-order valence-corrected chi connectivity index (χ3v) is 6.25. The maximum atomic E-state index is 12.1. The van der Waals surface area contributed by atoms with Crippen LogP contribution in [0.25, 0.3) is 0 Å². The largest absolute Gasteiger partial charge is 0.252 e. The normalized spacial score (nSPS) is 22.2. The first kappa shape index (κ1) is 14.4. The molecule has 0 aliphatic heterocycles. The zero-order chi connectivity index (χ0) is 13.6. The second-order valence-corrected chi connectivity index (χ2v) is 10.2. The van der Waals surface area contributed by atoms with Crippen molar-refractivity contribution in [2.24, 2.45) is 0 Å². The molecule has 0 saturated heterocycles. The minimum Gasteiger partial charge on any atom is -0.223 e. The summed E-state index contributed by atoms with van der Waals surface area (Å²) in [6.07, 6.45) is -1.94. The lowest BCUT2D eigenvalue weighted by atomic mass is 10.1. The Hall–Kier alpha value is -0.0100. The van der Waals surface area contributed by atoms with Crippen LogP contribution in [0.3, 0.4) is 0 Å². The highest BCUT2D eigenvalue weighted by Gasteiger charge is 2.50. The molecule has 7 heteroatoms. The van der Waals surface area contributed by atoms with Gasteiger partial charge in [0.2, 0.25) is 0 Å². The third kappa shape index (κ3) is 3.11. The Bertz CT molecular complexity index is 541. The average Bonchev–Trinajstić information content (AvgIpc) is 2.86. The highest BCUT2D eigenvalue weighted by Crippen LogP contribution is 2.62. The van der Waals surface area contributed by atoms with Gasteiger partial charge in [-0.1, -0.05) is 44.0 Å². The number of halogens is 4. The van der Waals surface area contributed by atoms with Gasteiger partial charge in [0, 0.05) is 5.92 Å². The van der Waals surface area contributed by atoms with Crippen LogP contribution in [0.5, 0.6) is 0 Å². The molecule has 1 aromatic rings. The minimum absolute atomic E-state index is 0.0538. The monoisotopic (exact) mass is 402 g/mol. The first-order valence-electron chi connectivity index (χ1n) is 5.21. The van der Waals surface area contributed by atoms with Crippen LogP contribution < -0.4 is 0 Å². The summed E-state index contributed by atoms with van der Waals surface area (Å²) in [5.41, 5.74) is 0.986. The van der Waals surface area contributed by atoms with Gasteiger partial charge < -0.3 is 0 Å². The summed E-state index contributed by atoms with van der Waals surface area (Å²) in [6, 6.07) is 6.13. The molecule has 0 heterocycles. The molecule has 100 valence electrons. The quantitative estimate of drug-likeness (QED) is 0.718. The highest BCUT2D eigenvalue weighted by molar-refractivity contribution is 9.25. The van der Waals surface area contributed by atoms with Crippen LogP contribution in [0.4, 0.5) is 8.78 Å². The zero-order valence-electron chi connectivity index (χ0n) is 9.11. The van der Waals surface area contributed by atoms with Crippen LogP contribution in [0.2, 0.25) is 0 Å². The van der Waals surface area contributed by atoms with Crippen LogP contribution in [0, 0.1) is 0 Å². The van der Waals surface area contributed by atoms with E-state index in [0.29, 0.717) is 0 Å². The highest BCUT2D eigenvalue weighted by atomic mass is 79.9. The van der Waals surface area contributed by atoms with Gasteiger partial charge in [0.25, 0.3) is 6.43 Å². The Morgan fingerprint density at radius 3 is 2.17 bits per heavy atom. The summed E-state index contributed by atoms with van der Waals surface area (Å²) in [7, 11) is -3.88. The second kappa shape index (κ2) is 4.83. The van der Waals surface area contributed by atoms with Crippen LogP contribution in [0.1, 0.15) is 17.9 Å². The Labute approximate surface area is 121 Å². The minimum atomic E-state index is -3.88. The number of hydrogen-bond acceptors (Lipinski definition) is 2.